The van der Waals surface area contributed by atoms with Crippen molar-refractivity contribution in [3.63, 3.8) is 0 Å². The Hall–Kier alpha value is -4.88. The number of hydrogen-bond acceptors (Lipinski definition) is 10. The number of esters is 1. The van der Waals surface area contributed by atoms with Crippen molar-refractivity contribution in [1.82, 2.24) is 36.2 Å². The van der Waals surface area contributed by atoms with E-state index < -0.39 is 41.6 Å². The van der Waals surface area contributed by atoms with Crippen molar-refractivity contribution >= 4 is 29.7 Å². The first kappa shape index (κ1) is 29.1. The molecule has 0 unspecified atom stereocenters. The van der Waals surface area contributed by atoms with Crippen molar-refractivity contribution in [3.8, 4) is 0 Å². The standard InChI is InChI=1S/C27H32N8O6/c1-27(2,3)41-26(39)30-19(11-12-22(36)40-16-17-8-5-4-6-9-17)25(38)35-20(14-18-10-7-13-28-23(18)35)24(37)29-15-21-31-33-34-32-21/h4-10,13,19-20H,11-12,14-16H2,1-3H3,(H,29,37)(H,30,39)(H,31,32,33,34)/t19-,20+/m1/s1. The van der Waals surface area contributed by atoms with Crippen LogP contribution in [-0.4, -0.2) is 67.2 Å². The van der Waals surface area contributed by atoms with E-state index in [1.54, 1.807) is 32.9 Å². The van der Waals surface area contributed by atoms with Crippen LogP contribution in [0.25, 0.3) is 0 Å². The lowest BCUT2D eigenvalue weighted by Crippen LogP contribution is -2.55. The van der Waals surface area contributed by atoms with Crippen molar-refractivity contribution in [1.29, 1.82) is 0 Å². The Morgan fingerprint density at radius 3 is 2.61 bits per heavy atom. The summed E-state index contributed by atoms with van der Waals surface area (Å²) in [6, 6.07) is 10.5. The average Bonchev–Trinajstić information content (AvgIpc) is 3.60. The molecular formula is C27H32N8O6. The van der Waals surface area contributed by atoms with Crippen LogP contribution >= 0.6 is 0 Å². The highest BCUT2D eigenvalue weighted by atomic mass is 16.6. The molecule has 0 fully saturated rings. The van der Waals surface area contributed by atoms with Gasteiger partial charge in [-0.3, -0.25) is 19.3 Å². The Labute approximate surface area is 236 Å². The molecule has 216 valence electrons. The number of anilines is 1. The number of carbonyl (C=O) groups excluding carboxylic acids is 4. The van der Waals surface area contributed by atoms with E-state index in [0.29, 0.717) is 11.4 Å². The number of H-pyrrole nitrogens is 1. The maximum atomic E-state index is 14.0. The van der Waals surface area contributed by atoms with E-state index in [0.717, 1.165) is 5.56 Å². The minimum Gasteiger partial charge on any atom is -0.461 e. The van der Waals surface area contributed by atoms with Gasteiger partial charge in [0.15, 0.2) is 5.82 Å². The van der Waals surface area contributed by atoms with Gasteiger partial charge in [0.25, 0.3) is 5.91 Å². The summed E-state index contributed by atoms with van der Waals surface area (Å²) in [5, 5.41) is 18.7. The summed E-state index contributed by atoms with van der Waals surface area (Å²) >= 11 is 0. The van der Waals surface area contributed by atoms with Crippen LogP contribution in [0, 0.1) is 0 Å². The molecule has 3 heterocycles. The van der Waals surface area contributed by atoms with E-state index in [4.69, 9.17) is 9.47 Å². The van der Waals surface area contributed by atoms with Gasteiger partial charge in [-0.2, -0.15) is 5.21 Å². The summed E-state index contributed by atoms with van der Waals surface area (Å²) in [7, 11) is 0. The molecule has 0 saturated heterocycles. The summed E-state index contributed by atoms with van der Waals surface area (Å²) in [4.78, 5) is 58.1. The second-order valence-corrected chi connectivity index (χ2v) is 10.3. The van der Waals surface area contributed by atoms with Gasteiger partial charge in [-0.1, -0.05) is 41.6 Å². The van der Waals surface area contributed by atoms with Gasteiger partial charge in [0.05, 0.1) is 6.54 Å². The van der Waals surface area contributed by atoms with E-state index >= 15 is 0 Å². The van der Waals surface area contributed by atoms with Crippen molar-refractivity contribution in [2.45, 2.75) is 70.9 Å². The van der Waals surface area contributed by atoms with E-state index in [-0.39, 0.29) is 38.2 Å². The highest BCUT2D eigenvalue weighted by molar-refractivity contribution is 6.05. The second-order valence-electron chi connectivity index (χ2n) is 10.3. The van der Waals surface area contributed by atoms with Gasteiger partial charge < -0.3 is 20.1 Å². The number of alkyl carbamates (subject to hydrolysis) is 1. The number of nitrogens with zero attached hydrogens (tertiary/aromatic N) is 5. The summed E-state index contributed by atoms with van der Waals surface area (Å²) in [6.45, 7) is 5.13. The molecule has 3 N–H and O–H groups in total. The lowest BCUT2D eigenvalue weighted by Gasteiger charge is -2.29. The number of fused-ring (bicyclic) bond motifs is 1. The summed E-state index contributed by atoms with van der Waals surface area (Å²) < 4.78 is 10.7. The third-order valence-corrected chi connectivity index (χ3v) is 6.04. The Balaban J connectivity index is 1.51. The number of nitrogens with one attached hydrogen (secondary N) is 3. The Morgan fingerprint density at radius 1 is 1.12 bits per heavy atom. The molecular weight excluding hydrogens is 532 g/mol. The second kappa shape index (κ2) is 13.0. The van der Waals surface area contributed by atoms with Crippen molar-refractivity contribution < 1.29 is 28.7 Å². The van der Waals surface area contributed by atoms with Crippen molar-refractivity contribution in [2.75, 3.05) is 4.90 Å². The number of carbonyl (C=O) groups is 4. The fraction of sp³-hybridized carbons (Fsp3) is 0.407. The number of hydrogen-bond donors (Lipinski definition) is 3. The number of rotatable bonds is 10. The number of aromatic nitrogens is 5. The van der Waals surface area contributed by atoms with Gasteiger partial charge >= 0.3 is 12.1 Å². The van der Waals surface area contributed by atoms with E-state index in [1.807, 2.05) is 30.3 Å². The topological polar surface area (TPSA) is 181 Å². The van der Waals surface area contributed by atoms with Crippen LogP contribution in [0.15, 0.2) is 48.7 Å². The van der Waals surface area contributed by atoms with Crippen LogP contribution in [0.2, 0.25) is 0 Å². The van der Waals surface area contributed by atoms with Gasteiger partial charge in [-0.25, -0.2) is 9.78 Å². The maximum Gasteiger partial charge on any atom is 0.408 e. The zero-order valence-electron chi connectivity index (χ0n) is 23.0. The molecule has 3 aromatic rings. The minimum atomic E-state index is -1.21. The molecule has 0 aliphatic carbocycles. The smallest absolute Gasteiger partial charge is 0.408 e. The summed E-state index contributed by atoms with van der Waals surface area (Å²) in [5.41, 5.74) is 0.666. The first-order chi connectivity index (χ1) is 19.6. The van der Waals surface area contributed by atoms with E-state index in [1.165, 1.54) is 11.1 Å². The first-order valence-electron chi connectivity index (χ1n) is 13.1. The molecule has 0 spiro atoms. The largest absolute Gasteiger partial charge is 0.461 e. The highest BCUT2D eigenvalue weighted by Crippen LogP contribution is 2.31. The van der Waals surface area contributed by atoms with Crippen molar-refractivity contribution in [3.05, 3.63) is 65.6 Å². The lowest BCUT2D eigenvalue weighted by atomic mass is 10.1. The third kappa shape index (κ3) is 8.06. The van der Waals surface area contributed by atoms with Crippen LogP contribution in [0.5, 0.6) is 0 Å². The lowest BCUT2D eigenvalue weighted by molar-refractivity contribution is -0.145. The van der Waals surface area contributed by atoms with Crippen LogP contribution in [0.4, 0.5) is 10.6 Å². The third-order valence-electron chi connectivity index (χ3n) is 6.04. The quantitative estimate of drug-likeness (QED) is 0.306. The molecule has 1 aromatic carbocycles. The molecule has 14 nitrogen and oxygen atoms in total. The SMILES string of the molecule is CC(C)(C)OC(=O)N[C@H](CCC(=O)OCc1ccccc1)C(=O)N1c2ncccc2C[C@H]1C(=O)NCc1nn[nH]n1. The van der Waals surface area contributed by atoms with Crippen LogP contribution < -0.4 is 15.5 Å². The Kier molecular flexibility index (Phi) is 9.22. The zero-order chi connectivity index (χ0) is 29.4. The molecule has 2 aromatic heterocycles. The molecule has 0 saturated carbocycles. The molecule has 4 rings (SSSR count). The normalized spacial score (nSPS) is 15.0. The zero-order valence-corrected chi connectivity index (χ0v) is 23.0. The van der Waals surface area contributed by atoms with Gasteiger partial charge in [-0.15, -0.1) is 10.2 Å². The summed E-state index contributed by atoms with van der Waals surface area (Å²) in [5.74, 6) is -1.08. The average molecular weight is 565 g/mol. The molecule has 41 heavy (non-hydrogen) atoms. The van der Waals surface area contributed by atoms with Gasteiger partial charge in [0, 0.05) is 19.0 Å². The van der Waals surface area contributed by atoms with Gasteiger partial charge in [0.2, 0.25) is 5.91 Å². The first-order valence-corrected chi connectivity index (χ1v) is 13.1. The van der Waals surface area contributed by atoms with Crippen LogP contribution in [0.3, 0.4) is 0 Å². The number of pyridine rings is 1. The minimum absolute atomic E-state index is 0.00944. The molecule has 0 bridgehead atoms. The number of aromatic amines is 1. The fourth-order valence-electron chi connectivity index (χ4n) is 4.21. The highest BCUT2D eigenvalue weighted by Gasteiger charge is 2.42. The fourth-order valence-corrected chi connectivity index (χ4v) is 4.21. The Bertz CT molecular complexity index is 1360. The predicted octanol–water partition coefficient (Wildman–Crippen LogP) is 1.59. The molecule has 0 radical (unpaired) electrons. The molecule has 2 atom stereocenters. The van der Waals surface area contributed by atoms with Crippen LogP contribution in [-0.2, 0) is 43.4 Å². The monoisotopic (exact) mass is 564 g/mol. The number of ether oxygens (including phenoxy) is 2. The van der Waals surface area contributed by atoms with Gasteiger partial charge in [-0.05, 0) is 44.4 Å². The van der Waals surface area contributed by atoms with Gasteiger partial charge in [0.1, 0.15) is 30.1 Å². The summed E-state index contributed by atoms with van der Waals surface area (Å²) in [6.07, 6.45) is 0.603. The molecule has 1 aliphatic rings. The molecule has 3 amide bonds. The molecule has 1 aliphatic heterocycles. The Morgan fingerprint density at radius 2 is 1.90 bits per heavy atom. The van der Waals surface area contributed by atoms with Crippen molar-refractivity contribution in [2.24, 2.45) is 0 Å². The van der Waals surface area contributed by atoms with E-state index in [9.17, 15) is 19.2 Å². The number of tetrazole rings is 1. The van der Waals surface area contributed by atoms with Crippen LogP contribution in [0.1, 0.15) is 50.6 Å². The maximum absolute atomic E-state index is 14.0. The number of benzene rings is 1. The predicted molar refractivity (Wildman–Crippen MR) is 144 cm³/mol. The molecule has 14 heteroatoms. The van der Waals surface area contributed by atoms with E-state index in [2.05, 4.69) is 36.2 Å². The number of amides is 3.